The van der Waals surface area contributed by atoms with Gasteiger partial charge in [-0.3, -0.25) is 9.32 Å². The van der Waals surface area contributed by atoms with Crippen LogP contribution in [0.2, 0.25) is 0 Å². The molecule has 5 rings (SSSR count). The summed E-state index contributed by atoms with van der Waals surface area (Å²) in [6.07, 6.45) is 1.99. The second-order valence-electron chi connectivity index (χ2n) is 8.88. The molecule has 0 radical (unpaired) electrons. The van der Waals surface area contributed by atoms with Crippen molar-refractivity contribution in [3.05, 3.63) is 84.6 Å². The number of benzene rings is 2. The monoisotopic (exact) mass is 566 g/mol. The molecule has 0 amide bonds. The van der Waals surface area contributed by atoms with Crippen LogP contribution in [-0.4, -0.2) is 49.3 Å². The van der Waals surface area contributed by atoms with E-state index in [1.165, 1.54) is 24.1 Å². The van der Waals surface area contributed by atoms with Gasteiger partial charge in [0.25, 0.3) is 0 Å². The van der Waals surface area contributed by atoms with Gasteiger partial charge in [-0.05, 0) is 24.6 Å². The van der Waals surface area contributed by atoms with Crippen LogP contribution in [0.1, 0.15) is 18.9 Å². The zero-order chi connectivity index (χ0) is 28.1. The predicted octanol–water partition coefficient (Wildman–Crippen LogP) is 3.81. The van der Waals surface area contributed by atoms with Crippen molar-refractivity contribution < 1.29 is 33.0 Å². The van der Waals surface area contributed by atoms with E-state index in [1.807, 2.05) is 30.3 Å². The molecular formula is C26H27N6O7P. The third kappa shape index (κ3) is 6.23. The second kappa shape index (κ2) is 11.7. The molecule has 0 bridgehead atoms. The summed E-state index contributed by atoms with van der Waals surface area (Å²) >= 11 is 0. The van der Waals surface area contributed by atoms with Gasteiger partial charge in [0.1, 0.15) is 37.2 Å². The zero-order valence-corrected chi connectivity index (χ0v) is 22.3. The fourth-order valence-electron chi connectivity index (χ4n) is 3.90. The Labute approximate surface area is 229 Å². The van der Waals surface area contributed by atoms with Gasteiger partial charge in [0.2, 0.25) is 5.88 Å². The fourth-order valence-corrected chi connectivity index (χ4v) is 5.42. The van der Waals surface area contributed by atoms with Crippen molar-refractivity contribution in [2.75, 3.05) is 12.3 Å². The quantitative estimate of drug-likeness (QED) is 0.177. The van der Waals surface area contributed by atoms with Crippen molar-refractivity contribution in [2.45, 2.75) is 32.1 Å². The summed E-state index contributed by atoms with van der Waals surface area (Å²) in [6.45, 7) is 1.30. The summed E-state index contributed by atoms with van der Waals surface area (Å²) in [5.41, 5.74) is 7.35. The molecule has 2 aromatic carbocycles. The van der Waals surface area contributed by atoms with Crippen LogP contribution >= 0.6 is 7.75 Å². The molecule has 0 aliphatic carbocycles. The van der Waals surface area contributed by atoms with Gasteiger partial charge in [-0.15, -0.1) is 0 Å². The summed E-state index contributed by atoms with van der Waals surface area (Å²) in [7, 11) is -4.13. The van der Waals surface area contributed by atoms with Crippen LogP contribution in [0.4, 0.5) is 5.82 Å². The number of aliphatic hydroxyl groups is 1. The highest BCUT2D eigenvalue weighted by Crippen LogP contribution is 2.46. The third-order valence-corrected chi connectivity index (χ3v) is 7.50. The van der Waals surface area contributed by atoms with Gasteiger partial charge < -0.3 is 24.8 Å². The van der Waals surface area contributed by atoms with Crippen LogP contribution in [0.25, 0.3) is 17.0 Å². The first-order valence-corrected chi connectivity index (χ1v) is 13.9. The normalized spacial score (nSPS) is 17.3. The van der Waals surface area contributed by atoms with Gasteiger partial charge in [-0.1, -0.05) is 48.5 Å². The lowest BCUT2D eigenvalue weighted by Gasteiger charge is -2.24. The number of rotatable bonds is 11. The predicted molar refractivity (Wildman–Crippen MR) is 145 cm³/mol. The zero-order valence-electron chi connectivity index (χ0n) is 21.4. The summed E-state index contributed by atoms with van der Waals surface area (Å²) in [5, 5.41) is 13.2. The molecule has 14 heteroatoms. The maximum Gasteiger partial charge on any atom is 0.459 e. The molecule has 1 aliphatic heterocycles. The summed E-state index contributed by atoms with van der Waals surface area (Å²) in [4.78, 5) is 24.9. The lowest BCUT2D eigenvalue weighted by atomic mass is 10.2. The number of carbonyl (C=O) groups is 1. The third-order valence-electron chi connectivity index (χ3n) is 5.86. The Morgan fingerprint density at radius 3 is 2.65 bits per heavy atom. The number of fused-ring (bicyclic) bond motifs is 1. The molecule has 2 aromatic heterocycles. The number of carbonyl (C=O) groups excluding carboxylic acids is 1. The minimum atomic E-state index is -4.13. The molecule has 0 fully saturated rings. The summed E-state index contributed by atoms with van der Waals surface area (Å²) < 4.78 is 37.8. The van der Waals surface area contributed by atoms with Crippen LogP contribution < -0.4 is 15.3 Å². The van der Waals surface area contributed by atoms with Crippen LogP contribution in [0.15, 0.2) is 79.1 Å². The number of anilines is 1. The Balaban J connectivity index is 1.25. The number of ether oxygens (including phenoxy) is 2. The Hall–Kier alpha value is -4.45. The number of nitrogens with zero attached hydrogens (tertiary/aromatic N) is 4. The first kappa shape index (κ1) is 27.1. The van der Waals surface area contributed by atoms with E-state index in [0.29, 0.717) is 11.2 Å². The maximum absolute atomic E-state index is 13.8. The molecule has 208 valence electrons. The molecule has 4 aromatic rings. The van der Waals surface area contributed by atoms with Crippen LogP contribution in [-0.2, 0) is 30.0 Å². The molecular weight excluding hydrogens is 539 g/mol. The van der Waals surface area contributed by atoms with Crippen molar-refractivity contribution in [2.24, 2.45) is 0 Å². The van der Waals surface area contributed by atoms with Gasteiger partial charge in [-0.25, -0.2) is 24.1 Å². The van der Waals surface area contributed by atoms with Crippen LogP contribution in [0.3, 0.4) is 0 Å². The van der Waals surface area contributed by atoms with Gasteiger partial charge in [0, 0.05) is 6.42 Å². The van der Waals surface area contributed by atoms with E-state index >= 15 is 0 Å². The standard InChI is InChI=1S/C26H27N6O7P/c1-17(26(34)36-13-18-8-4-2-5-9-18)31-40(35,39-19-10-6-3-7-11-19)37-14-20-12-21(33)25(38-20)32-16-30-22-23(27)28-15-29-24(22)32/h2-11,15-17,20,33H,12-14H2,1H3,(H,31,35)(H2,27,28,29)/t17-,20-,40?/m0/s1. The van der Waals surface area contributed by atoms with Crippen molar-refractivity contribution in [3.63, 3.8) is 0 Å². The molecule has 0 saturated heterocycles. The second-order valence-corrected chi connectivity index (χ2v) is 10.6. The van der Waals surface area contributed by atoms with Crippen molar-refractivity contribution in [1.82, 2.24) is 24.6 Å². The molecule has 1 aliphatic rings. The number of nitrogens with one attached hydrogen (secondary N) is 1. The highest BCUT2D eigenvalue weighted by atomic mass is 31.2. The first-order chi connectivity index (χ1) is 19.3. The minimum Gasteiger partial charge on any atom is -0.507 e. The van der Waals surface area contributed by atoms with Crippen molar-refractivity contribution in [3.8, 4) is 5.75 Å². The molecule has 40 heavy (non-hydrogen) atoms. The van der Waals surface area contributed by atoms with E-state index in [4.69, 9.17) is 24.3 Å². The number of nitrogens with two attached hydrogens (primary N) is 1. The molecule has 3 heterocycles. The van der Waals surface area contributed by atoms with E-state index in [-0.39, 0.29) is 42.8 Å². The fraction of sp³-hybridized carbons (Fsp3) is 0.231. The molecule has 3 atom stereocenters. The van der Waals surface area contributed by atoms with Gasteiger partial charge >= 0.3 is 13.7 Å². The van der Waals surface area contributed by atoms with E-state index in [1.54, 1.807) is 30.3 Å². The topological polar surface area (TPSA) is 173 Å². The number of esters is 1. The van der Waals surface area contributed by atoms with Gasteiger partial charge in [0.05, 0.1) is 6.61 Å². The SMILES string of the molecule is C[C@H](NP(=O)(OC[C@@H]1CC(O)=C(n2cnc3c(N)ncnc32)O1)Oc1ccccc1)C(=O)OCc1ccccc1. The van der Waals surface area contributed by atoms with Crippen LogP contribution in [0, 0.1) is 0 Å². The lowest BCUT2D eigenvalue weighted by molar-refractivity contribution is -0.146. The number of hydrogen-bond donors (Lipinski definition) is 3. The Bertz CT molecular complexity index is 1560. The summed E-state index contributed by atoms with van der Waals surface area (Å²) in [6, 6.07) is 16.5. The van der Waals surface area contributed by atoms with Crippen LogP contribution in [0.5, 0.6) is 5.75 Å². The number of nitrogen functional groups attached to an aromatic ring is 1. The highest BCUT2D eigenvalue weighted by Gasteiger charge is 2.36. The number of imidazole rings is 1. The molecule has 4 N–H and O–H groups in total. The first-order valence-electron chi connectivity index (χ1n) is 12.3. The van der Waals surface area contributed by atoms with Crippen molar-refractivity contribution >= 4 is 36.6 Å². The van der Waals surface area contributed by atoms with Gasteiger partial charge in [-0.2, -0.15) is 5.09 Å². The van der Waals surface area contributed by atoms with E-state index < -0.39 is 25.9 Å². The number of aromatic nitrogens is 4. The molecule has 0 spiro atoms. The van der Waals surface area contributed by atoms with E-state index in [2.05, 4.69) is 20.0 Å². The number of para-hydroxylation sites is 1. The van der Waals surface area contributed by atoms with Crippen molar-refractivity contribution in [1.29, 1.82) is 0 Å². The highest BCUT2D eigenvalue weighted by molar-refractivity contribution is 7.52. The maximum atomic E-state index is 13.8. The lowest BCUT2D eigenvalue weighted by Crippen LogP contribution is -2.35. The Morgan fingerprint density at radius 2 is 1.90 bits per heavy atom. The average Bonchev–Trinajstić information content (AvgIpc) is 3.55. The number of aliphatic hydroxyl groups excluding tert-OH is 1. The average molecular weight is 567 g/mol. The number of hydrogen-bond acceptors (Lipinski definition) is 11. The Kier molecular flexibility index (Phi) is 7.96. The van der Waals surface area contributed by atoms with Gasteiger partial charge in [0.15, 0.2) is 22.7 Å². The smallest absolute Gasteiger partial charge is 0.459 e. The minimum absolute atomic E-state index is 0.0512. The molecule has 1 unspecified atom stereocenters. The van der Waals surface area contributed by atoms with E-state index in [0.717, 1.165) is 5.56 Å². The van der Waals surface area contributed by atoms with E-state index in [9.17, 15) is 14.5 Å². The molecule has 0 saturated carbocycles. The largest absolute Gasteiger partial charge is 0.507 e. The Morgan fingerprint density at radius 1 is 1.18 bits per heavy atom. The summed E-state index contributed by atoms with van der Waals surface area (Å²) in [5.74, 6) is -0.201. The molecule has 13 nitrogen and oxygen atoms in total.